The molecule has 5 nitrogen and oxygen atoms in total. The van der Waals surface area contributed by atoms with Gasteiger partial charge >= 0.3 is 0 Å². The second kappa shape index (κ2) is 5.66. The highest BCUT2D eigenvalue weighted by Gasteiger charge is 2.23. The molecule has 1 atom stereocenters. The van der Waals surface area contributed by atoms with Crippen LogP contribution >= 0.6 is 11.8 Å². The summed E-state index contributed by atoms with van der Waals surface area (Å²) in [4.78, 5) is 12.4. The average Bonchev–Trinajstić information content (AvgIpc) is 3.06. The van der Waals surface area contributed by atoms with Crippen molar-refractivity contribution in [2.75, 3.05) is 11.1 Å². The predicted molar refractivity (Wildman–Crippen MR) is 78.8 cm³/mol. The van der Waals surface area contributed by atoms with Gasteiger partial charge in [-0.25, -0.2) is 0 Å². The zero-order valence-electron chi connectivity index (χ0n) is 11.2. The maximum Gasteiger partial charge on any atom is 0.234 e. The summed E-state index contributed by atoms with van der Waals surface area (Å²) >= 11 is 1.66. The van der Waals surface area contributed by atoms with Gasteiger partial charge in [-0.3, -0.25) is 14.7 Å². The number of thioether (sulfide) groups is 1. The minimum atomic E-state index is -0.154. The van der Waals surface area contributed by atoms with E-state index in [-0.39, 0.29) is 11.8 Å². The second-order valence-corrected chi connectivity index (χ2v) is 5.73. The van der Waals surface area contributed by atoms with Crippen LogP contribution in [0.1, 0.15) is 24.8 Å². The Balaban J connectivity index is 1.78. The van der Waals surface area contributed by atoms with Crippen molar-refractivity contribution in [1.82, 2.24) is 14.8 Å². The van der Waals surface area contributed by atoms with Crippen molar-refractivity contribution in [3.05, 3.63) is 35.9 Å². The summed E-state index contributed by atoms with van der Waals surface area (Å²) < 4.78 is 1.96. The van der Waals surface area contributed by atoms with Crippen molar-refractivity contribution < 1.29 is 4.79 Å². The Morgan fingerprint density at radius 1 is 1.40 bits per heavy atom. The number of carbonyl (C=O) groups excluding carboxylic acids is 1. The third kappa shape index (κ3) is 2.43. The first kappa shape index (κ1) is 13.2. The maximum atomic E-state index is 12.4. The molecule has 3 rings (SSSR count). The van der Waals surface area contributed by atoms with Crippen LogP contribution in [0, 0.1) is 0 Å². The molecule has 0 aliphatic carbocycles. The molecule has 0 unspecified atom stereocenters. The van der Waals surface area contributed by atoms with Gasteiger partial charge in [-0.1, -0.05) is 49.0 Å². The monoisotopic (exact) mass is 288 g/mol. The molecule has 1 aromatic heterocycles. The lowest BCUT2D eigenvalue weighted by molar-refractivity contribution is -0.117. The fourth-order valence-electron chi connectivity index (χ4n) is 2.37. The summed E-state index contributed by atoms with van der Waals surface area (Å²) in [6.45, 7) is 2.87. The molecule has 0 saturated heterocycles. The summed E-state index contributed by atoms with van der Waals surface area (Å²) in [6.07, 6.45) is 0.756. The first-order valence-corrected chi connectivity index (χ1v) is 7.70. The van der Waals surface area contributed by atoms with Crippen molar-refractivity contribution >= 4 is 23.6 Å². The van der Waals surface area contributed by atoms with Gasteiger partial charge in [-0.15, -0.1) is 10.2 Å². The van der Waals surface area contributed by atoms with Gasteiger partial charge in [0.05, 0.1) is 5.92 Å². The van der Waals surface area contributed by atoms with Gasteiger partial charge < -0.3 is 0 Å². The topological polar surface area (TPSA) is 59.8 Å². The molecule has 1 N–H and O–H groups in total. The molecule has 1 aliphatic heterocycles. The summed E-state index contributed by atoms with van der Waals surface area (Å²) in [7, 11) is 0. The fraction of sp³-hybridized carbons (Fsp3) is 0.357. The van der Waals surface area contributed by atoms with Gasteiger partial charge in [0.25, 0.3) is 0 Å². The number of benzene rings is 1. The van der Waals surface area contributed by atoms with E-state index < -0.39 is 0 Å². The highest BCUT2D eigenvalue weighted by Crippen LogP contribution is 2.27. The fourth-order valence-corrected chi connectivity index (χ4v) is 3.26. The number of amides is 1. The summed E-state index contributed by atoms with van der Waals surface area (Å²) in [5, 5.41) is 11.9. The Bertz CT molecular complexity index is 611. The number of hydrogen-bond donors (Lipinski definition) is 1. The normalized spacial score (nSPS) is 14.8. The van der Waals surface area contributed by atoms with E-state index in [1.54, 1.807) is 11.8 Å². The molecule has 1 aliphatic rings. The van der Waals surface area contributed by atoms with E-state index >= 15 is 0 Å². The summed E-state index contributed by atoms with van der Waals surface area (Å²) in [6, 6.07) is 9.83. The quantitative estimate of drug-likeness (QED) is 0.939. The van der Waals surface area contributed by atoms with Gasteiger partial charge in [0.2, 0.25) is 11.9 Å². The van der Waals surface area contributed by atoms with Crippen LogP contribution in [0.2, 0.25) is 0 Å². The number of nitrogens with one attached hydrogen (secondary N) is 1. The summed E-state index contributed by atoms with van der Waals surface area (Å²) in [5.74, 6) is 1.37. The number of fused-ring (bicyclic) bond motifs is 1. The minimum absolute atomic E-state index is 0.0224. The highest BCUT2D eigenvalue weighted by molar-refractivity contribution is 7.99. The van der Waals surface area contributed by atoms with Crippen LogP contribution in [0.15, 0.2) is 35.5 Å². The molecular weight excluding hydrogens is 272 g/mol. The van der Waals surface area contributed by atoms with Gasteiger partial charge in [-0.05, 0) is 12.0 Å². The third-order valence-electron chi connectivity index (χ3n) is 3.42. The number of rotatable bonds is 4. The van der Waals surface area contributed by atoms with Gasteiger partial charge in [0, 0.05) is 12.3 Å². The molecule has 2 heterocycles. The zero-order valence-corrected chi connectivity index (χ0v) is 12.1. The van der Waals surface area contributed by atoms with Crippen molar-refractivity contribution in [2.24, 2.45) is 0 Å². The first-order valence-electron chi connectivity index (χ1n) is 6.71. The Morgan fingerprint density at radius 3 is 2.95 bits per heavy atom. The van der Waals surface area contributed by atoms with Crippen LogP contribution in [0.4, 0.5) is 5.95 Å². The molecule has 20 heavy (non-hydrogen) atoms. The van der Waals surface area contributed by atoms with Gasteiger partial charge in [0.15, 0.2) is 5.16 Å². The number of carbonyl (C=O) groups is 1. The largest absolute Gasteiger partial charge is 0.294 e. The van der Waals surface area contributed by atoms with E-state index in [1.807, 2.05) is 41.8 Å². The molecular formula is C14H16N4OS. The molecule has 6 heteroatoms. The summed E-state index contributed by atoms with van der Waals surface area (Å²) in [5.41, 5.74) is 1.03. The first-order chi connectivity index (χ1) is 9.79. The maximum absolute atomic E-state index is 12.4. The highest BCUT2D eigenvalue weighted by atomic mass is 32.2. The van der Waals surface area contributed by atoms with Crippen LogP contribution in [-0.2, 0) is 11.3 Å². The van der Waals surface area contributed by atoms with Gasteiger partial charge in [-0.2, -0.15) is 0 Å². The average molecular weight is 288 g/mol. The van der Waals surface area contributed by atoms with E-state index in [4.69, 9.17) is 0 Å². The number of anilines is 1. The lowest BCUT2D eigenvalue weighted by Crippen LogP contribution is -2.22. The number of hydrogen-bond acceptors (Lipinski definition) is 4. The number of nitrogens with zero attached hydrogens (tertiary/aromatic N) is 3. The molecule has 0 spiro atoms. The molecule has 1 amide bonds. The van der Waals surface area contributed by atoms with E-state index in [0.29, 0.717) is 5.95 Å². The van der Waals surface area contributed by atoms with Crippen LogP contribution in [-0.4, -0.2) is 26.4 Å². The molecule has 0 bridgehead atoms. The smallest absolute Gasteiger partial charge is 0.234 e. The molecule has 0 fully saturated rings. The molecule has 0 saturated carbocycles. The van der Waals surface area contributed by atoms with E-state index in [9.17, 15) is 4.79 Å². The Hall–Kier alpha value is -1.82. The van der Waals surface area contributed by atoms with Crippen LogP contribution in [0.25, 0.3) is 0 Å². The Morgan fingerprint density at radius 2 is 2.20 bits per heavy atom. The molecule has 0 radical (unpaired) electrons. The van der Waals surface area contributed by atoms with Crippen LogP contribution < -0.4 is 5.32 Å². The lowest BCUT2D eigenvalue weighted by Gasteiger charge is -2.14. The second-order valence-electron chi connectivity index (χ2n) is 4.67. The van der Waals surface area contributed by atoms with E-state index in [0.717, 1.165) is 29.4 Å². The third-order valence-corrected chi connectivity index (χ3v) is 4.37. The molecule has 2 aromatic rings. The minimum Gasteiger partial charge on any atom is -0.294 e. The zero-order chi connectivity index (χ0) is 13.9. The van der Waals surface area contributed by atoms with Gasteiger partial charge in [0.1, 0.15) is 0 Å². The SMILES string of the molecule is CC[C@H](C(=O)Nc1nnc2n1CCS2)c1ccccc1. The van der Waals surface area contributed by atoms with Crippen molar-refractivity contribution in [3.8, 4) is 0 Å². The standard InChI is InChI=1S/C14H16N4OS/c1-2-11(10-6-4-3-5-7-10)12(19)15-13-16-17-14-18(13)8-9-20-14/h3-7,11H,2,8-9H2,1H3,(H,15,16,19)/t11-/m0/s1. The van der Waals surface area contributed by atoms with Crippen molar-refractivity contribution in [2.45, 2.75) is 31.0 Å². The lowest BCUT2D eigenvalue weighted by atomic mass is 9.96. The van der Waals surface area contributed by atoms with Crippen LogP contribution in [0.5, 0.6) is 0 Å². The molecule has 1 aromatic carbocycles. The Kier molecular flexibility index (Phi) is 3.73. The van der Waals surface area contributed by atoms with E-state index in [1.165, 1.54) is 0 Å². The van der Waals surface area contributed by atoms with Crippen LogP contribution in [0.3, 0.4) is 0 Å². The van der Waals surface area contributed by atoms with Crippen molar-refractivity contribution in [3.63, 3.8) is 0 Å². The Labute approximate surface area is 121 Å². The molecule has 104 valence electrons. The van der Waals surface area contributed by atoms with Crippen molar-refractivity contribution in [1.29, 1.82) is 0 Å². The predicted octanol–water partition coefficient (Wildman–Crippen LogP) is 2.52. The number of aromatic nitrogens is 3. The van der Waals surface area contributed by atoms with E-state index in [2.05, 4.69) is 15.5 Å².